The monoisotopic (exact) mass is 304 g/mol. The molecule has 0 bridgehead atoms. The van der Waals surface area contributed by atoms with Crippen LogP contribution in [0.4, 0.5) is 10.5 Å². The number of benzene rings is 1. The van der Waals surface area contributed by atoms with Crippen molar-refractivity contribution < 1.29 is 14.4 Å². The Labute approximate surface area is 132 Å². The van der Waals surface area contributed by atoms with Gasteiger partial charge in [-0.25, -0.2) is 4.79 Å². The number of anilines is 1. The van der Waals surface area contributed by atoms with Crippen LogP contribution in [0.1, 0.15) is 18.4 Å². The zero-order valence-electron chi connectivity index (χ0n) is 13.3. The van der Waals surface area contributed by atoms with Gasteiger partial charge in [0, 0.05) is 12.3 Å². The Balaban J connectivity index is 1.44. The number of hydrogen-bond acceptors (Lipinski definition) is 2. The third kappa shape index (κ3) is 3.99. The average molecular weight is 304 g/mol. The van der Waals surface area contributed by atoms with Crippen LogP contribution in [0.3, 0.4) is 0 Å². The van der Waals surface area contributed by atoms with Gasteiger partial charge >= 0.3 is 6.03 Å². The van der Waals surface area contributed by atoms with E-state index in [2.05, 4.69) is 5.32 Å². The molecule has 5 heteroatoms. The van der Waals surface area contributed by atoms with Crippen molar-refractivity contribution >= 4 is 11.7 Å². The summed E-state index contributed by atoms with van der Waals surface area (Å²) in [6.07, 6.45) is 2.83. The zero-order chi connectivity index (χ0) is 15.4. The van der Waals surface area contributed by atoms with Crippen molar-refractivity contribution in [2.75, 3.05) is 44.6 Å². The number of quaternary nitrogens is 1. The number of nitrogens with zero attached hydrogens (tertiary/aromatic N) is 1. The summed E-state index contributed by atoms with van der Waals surface area (Å²) in [5.41, 5.74) is 2.06. The summed E-state index contributed by atoms with van der Waals surface area (Å²) in [7, 11) is 0. The number of amides is 2. The number of ether oxygens (including phenoxy) is 1. The fraction of sp³-hybridized carbons (Fsp3) is 0.588. The van der Waals surface area contributed by atoms with Gasteiger partial charge in [0.05, 0.1) is 26.2 Å². The van der Waals surface area contributed by atoms with Crippen molar-refractivity contribution in [2.45, 2.75) is 25.9 Å². The highest BCUT2D eigenvalue weighted by molar-refractivity contribution is 5.89. The van der Waals surface area contributed by atoms with Gasteiger partial charge in [0.15, 0.2) is 0 Å². The lowest BCUT2D eigenvalue weighted by Crippen LogP contribution is -3.15. The molecule has 0 aliphatic carbocycles. The molecule has 2 aliphatic heterocycles. The molecular weight excluding hydrogens is 278 g/mol. The Morgan fingerprint density at radius 2 is 2.05 bits per heavy atom. The Kier molecular flexibility index (Phi) is 4.95. The first-order valence-electron chi connectivity index (χ1n) is 8.28. The van der Waals surface area contributed by atoms with Crippen molar-refractivity contribution in [3.05, 3.63) is 29.8 Å². The Morgan fingerprint density at radius 3 is 2.68 bits per heavy atom. The number of aryl methyl sites for hydroxylation is 1. The smallest absolute Gasteiger partial charge is 0.322 e. The van der Waals surface area contributed by atoms with Crippen LogP contribution in [0.2, 0.25) is 0 Å². The molecule has 2 saturated heterocycles. The molecule has 5 nitrogen and oxygen atoms in total. The van der Waals surface area contributed by atoms with Crippen LogP contribution in [0.15, 0.2) is 24.3 Å². The number of hydrogen-bond donors (Lipinski definition) is 2. The number of carbonyl (C=O) groups is 1. The number of carbonyl (C=O) groups excluding carboxylic acids is 1. The van der Waals surface area contributed by atoms with E-state index in [1.807, 2.05) is 36.1 Å². The predicted octanol–water partition coefficient (Wildman–Crippen LogP) is 0.906. The van der Waals surface area contributed by atoms with Crippen LogP contribution in [0.5, 0.6) is 0 Å². The first kappa shape index (κ1) is 15.3. The van der Waals surface area contributed by atoms with Crippen molar-refractivity contribution in [1.82, 2.24) is 4.90 Å². The van der Waals surface area contributed by atoms with Crippen LogP contribution in [-0.2, 0) is 4.74 Å². The lowest BCUT2D eigenvalue weighted by molar-refractivity contribution is -0.906. The van der Waals surface area contributed by atoms with Gasteiger partial charge in [-0.1, -0.05) is 17.7 Å². The summed E-state index contributed by atoms with van der Waals surface area (Å²) >= 11 is 0. The Morgan fingerprint density at radius 1 is 1.32 bits per heavy atom. The molecule has 3 rings (SSSR count). The van der Waals surface area contributed by atoms with Gasteiger partial charge in [0.2, 0.25) is 0 Å². The normalized spacial score (nSPS) is 22.8. The Bertz CT molecular complexity index is 489. The third-order valence-electron chi connectivity index (χ3n) is 4.60. The second-order valence-corrected chi connectivity index (χ2v) is 6.37. The second-order valence-electron chi connectivity index (χ2n) is 6.37. The molecule has 1 atom stereocenters. The molecule has 0 radical (unpaired) electrons. The summed E-state index contributed by atoms with van der Waals surface area (Å²) in [5.74, 6) is 0. The van der Waals surface area contributed by atoms with Gasteiger partial charge in [0.1, 0.15) is 12.6 Å². The number of piperazine rings is 1. The van der Waals surface area contributed by atoms with Gasteiger partial charge in [-0.3, -0.25) is 0 Å². The minimum absolute atomic E-state index is 0.0139. The topological polar surface area (TPSA) is 46.0 Å². The molecule has 1 aromatic carbocycles. The van der Waals surface area contributed by atoms with Gasteiger partial charge in [-0.15, -0.1) is 0 Å². The third-order valence-corrected chi connectivity index (χ3v) is 4.60. The SMILES string of the molecule is Cc1ccc(NC(=O)N2CC[NH+](C[C@@H]3CCCO3)CC2)cc1. The standard InChI is InChI=1S/C17H25N3O2/c1-14-4-6-15(7-5-14)18-17(21)20-10-8-19(9-11-20)13-16-3-2-12-22-16/h4-7,16H,2-3,8-13H2,1H3,(H,18,21)/p+1/t16-/m0/s1. The maximum absolute atomic E-state index is 12.3. The predicted molar refractivity (Wildman–Crippen MR) is 86.3 cm³/mol. The fourth-order valence-electron chi connectivity index (χ4n) is 3.20. The maximum Gasteiger partial charge on any atom is 0.322 e. The highest BCUT2D eigenvalue weighted by Gasteiger charge is 2.27. The summed E-state index contributed by atoms with van der Waals surface area (Å²) in [4.78, 5) is 15.8. The quantitative estimate of drug-likeness (QED) is 0.872. The summed E-state index contributed by atoms with van der Waals surface area (Å²) in [6.45, 7) is 7.72. The van der Waals surface area contributed by atoms with Crippen molar-refractivity contribution in [2.24, 2.45) is 0 Å². The van der Waals surface area contributed by atoms with Crippen LogP contribution in [0.25, 0.3) is 0 Å². The molecule has 2 N–H and O–H groups in total. The second kappa shape index (κ2) is 7.11. The summed E-state index contributed by atoms with van der Waals surface area (Å²) in [6, 6.07) is 7.94. The van der Waals surface area contributed by atoms with Gasteiger partial charge in [-0.2, -0.15) is 0 Å². The lowest BCUT2D eigenvalue weighted by Gasteiger charge is -2.33. The molecule has 2 fully saturated rings. The zero-order valence-corrected chi connectivity index (χ0v) is 13.3. The molecule has 22 heavy (non-hydrogen) atoms. The number of nitrogens with one attached hydrogen (secondary N) is 2. The fourth-order valence-corrected chi connectivity index (χ4v) is 3.20. The molecule has 0 aromatic heterocycles. The van der Waals surface area contributed by atoms with Crippen LogP contribution >= 0.6 is 0 Å². The van der Waals surface area contributed by atoms with E-state index < -0.39 is 0 Å². The van der Waals surface area contributed by atoms with E-state index in [1.165, 1.54) is 18.4 Å². The number of urea groups is 1. The molecule has 2 amide bonds. The lowest BCUT2D eigenvalue weighted by atomic mass is 10.2. The maximum atomic E-state index is 12.3. The van der Waals surface area contributed by atoms with Gasteiger partial charge in [-0.05, 0) is 31.9 Å². The first-order valence-corrected chi connectivity index (χ1v) is 8.28. The van der Waals surface area contributed by atoms with Crippen molar-refractivity contribution in [3.63, 3.8) is 0 Å². The van der Waals surface area contributed by atoms with Crippen LogP contribution in [0, 0.1) is 6.92 Å². The van der Waals surface area contributed by atoms with Gasteiger partial charge in [0.25, 0.3) is 0 Å². The minimum Gasteiger partial charge on any atom is -0.372 e. The molecular formula is C17H26N3O2+. The molecule has 2 heterocycles. The number of rotatable bonds is 3. The van der Waals surface area contributed by atoms with E-state index in [9.17, 15) is 4.79 Å². The summed E-state index contributed by atoms with van der Waals surface area (Å²) < 4.78 is 5.70. The molecule has 0 spiro atoms. The van der Waals surface area contributed by atoms with Crippen LogP contribution in [-0.4, -0.2) is 56.4 Å². The van der Waals surface area contributed by atoms with E-state index in [-0.39, 0.29) is 6.03 Å². The van der Waals surface area contributed by atoms with E-state index in [4.69, 9.17) is 4.74 Å². The van der Waals surface area contributed by atoms with Crippen molar-refractivity contribution in [3.8, 4) is 0 Å². The van der Waals surface area contributed by atoms with E-state index in [0.29, 0.717) is 6.10 Å². The Hall–Kier alpha value is -1.59. The summed E-state index contributed by atoms with van der Waals surface area (Å²) in [5, 5.41) is 2.98. The van der Waals surface area contributed by atoms with E-state index in [0.717, 1.165) is 45.0 Å². The molecule has 2 aliphatic rings. The minimum atomic E-state index is 0.0139. The largest absolute Gasteiger partial charge is 0.372 e. The van der Waals surface area contributed by atoms with E-state index in [1.54, 1.807) is 4.90 Å². The first-order chi connectivity index (χ1) is 10.7. The molecule has 120 valence electrons. The van der Waals surface area contributed by atoms with E-state index >= 15 is 0 Å². The highest BCUT2D eigenvalue weighted by Crippen LogP contribution is 2.11. The van der Waals surface area contributed by atoms with Crippen LogP contribution < -0.4 is 10.2 Å². The molecule has 1 aromatic rings. The molecule has 0 unspecified atom stereocenters. The highest BCUT2D eigenvalue weighted by atomic mass is 16.5. The van der Waals surface area contributed by atoms with Gasteiger partial charge < -0.3 is 19.9 Å². The molecule has 0 saturated carbocycles. The van der Waals surface area contributed by atoms with Crippen molar-refractivity contribution in [1.29, 1.82) is 0 Å². The average Bonchev–Trinajstić information content (AvgIpc) is 3.03.